The van der Waals surface area contributed by atoms with E-state index in [9.17, 15) is 14.4 Å². The van der Waals surface area contributed by atoms with E-state index in [0.717, 1.165) is 11.0 Å². The van der Waals surface area contributed by atoms with E-state index < -0.39 is 17.2 Å². The lowest BCUT2D eigenvalue weighted by atomic mass is 10.2. The van der Waals surface area contributed by atoms with Gasteiger partial charge in [-0.05, 0) is 36.8 Å². The van der Waals surface area contributed by atoms with Crippen LogP contribution in [0.15, 0.2) is 70.8 Å². The average molecular weight is 441 g/mol. The van der Waals surface area contributed by atoms with Crippen molar-refractivity contribution in [1.29, 1.82) is 0 Å². The second-order valence-electron chi connectivity index (χ2n) is 7.47. The Labute approximate surface area is 186 Å². The minimum absolute atomic E-state index is 0.177. The molecule has 164 valence electrons. The Morgan fingerprint density at radius 2 is 1.91 bits per heavy atom. The highest BCUT2D eigenvalue weighted by Crippen LogP contribution is 2.18. The van der Waals surface area contributed by atoms with Gasteiger partial charge in [-0.1, -0.05) is 19.1 Å². The van der Waals surface area contributed by atoms with Crippen molar-refractivity contribution in [2.45, 2.75) is 19.9 Å². The summed E-state index contributed by atoms with van der Waals surface area (Å²) in [6, 6.07) is 12.7. The number of aryl methyl sites for hydroxylation is 1. The number of imidazole rings is 1. The lowest BCUT2D eigenvalue weighted by Crippen LogP contribution is -2.31. The molecule has 4 heterocycles. The zero-order chi connectivity index (χ0) is 22.9. The summed E-state index contributed by atoms with van der Waals surface area (Å²) >= 11 is 0. The molecule has 33 heavy (non-hydrogen) atoms. The van der Waals surface area contributed by atoms with Crippen LogP contribution in [0.5, 0.6) is 0 Å². The number of anilines is 1. The first kappa shape index (κ1) is 20.3. The summed E-state index contributed by atoms with van der Waals surface area (Å²) in [5.41, 5.74) is 1.62. The molecule has 0 bridgehead atoms. The van der Waals surface area contributed by atoms with Crippen molar-refractivity contribution in [2.75, 3.05) is 5.32 Å². The van der Waals surface area contributed by atoms with Crippen LogP contribution in [0.4, 0.5) is 5.69 Å². The molecule has 10 heteroatoms. The number of fused-ring (bicyclic) bond motifs is 2. The van der Waals surface area contributed by atoms with Crippen molar-refractivity contribution in [3.63, 3.8) is 0 Å². The second kappa shape index (κ2) is 8.15. The lowest BCUT2D eigenvalue weighted by Gasteiger charge is -2.09. The van der Waals surface area contributed by atoms with Crippen LogP contribution in [0.3, 0.4) is 0 Å². The number of aromatic amines is 1. The van der Waals surface area contributed by atoms with Crippen LogP contribution in [0.2, 0.25) is 0 Å². The Hall–Kier alpha value is -4.60. The van der Waals surface area contributed by atoms with E-state index in [0.29, 0.717) is 24.5 Å². The number of nitrogens with zero attached hydrogens (tertiary/aromatic N) is 5. The van der Waals surface area contributed by atoms with E-state index in [1.54, 1.807) is 24.7 Å². The summed E-state index contributed by atoms with van der Waals surface area (Å²) in [5.74, 6) is 0.217. The Bertz CT molecular complexity index is 1610. The molecule has 10 nitrogen and oxygen atoms in total. The molecule has 5 aromatic rings. The van der Waals surface area contributed by atoms with Gasteiger partial charge < -0.3 is 5.32 Å². The summed E-state index contributed by atoms with van der Waals surface area (Å²) in [6.07, 6.45) is 5.29. The number of H-pyrrole nitrogens is 1. The SMILES string of the molecule is CCCn1c(=O)[nH]c(=O)c2cc(C(=O)Nc3ccc(-n4cnc5ccccc54)nc3)cnc21. The van der Waals surface area contributed by atoms with Crippen LogP contribution >= 0.6 is 0 Å². The Kier molecular flexibility index (Phi) is 5.02. The number of rotatable bonds is 5. The minimum atomic E-state index is -0.580. The maximum absolute atomic E-state index is 12.8. The summed E-state index contributed by atoms with van der Waals surface area (Å²) in [7, 11) is 0. The van der Waals surface area contributed by atoms with Crippen LogP contribution in [0.1, 0.15) is 23.7 Å². The van der Waals surface area contributed by atoms with Crippen molar-refractivity contribution in [1.82, 2.24) is 29.1 Å². The van der Waals surface area contributed by atoms with Gasteiger partial charge in [0.05, 0.1) is 33.9 Å². The van der Waals surface area contributed by atoms with E-state index in [2.05, 4.69) is 25.3 Å². The highest BCUT2D eigenvalue weighted by atomic mass is 16.2. The molecule has 0 atom stereocenters. The third-order valence-electron chi connectivity index (χ3n) is 5.25. The maximum Gasteiger partial charge on any atom is 0.329 e. The van der Waals surface area contributed by atoms with Crippen molar-refractivity contribution in [3.8, 4) is 5.82 Å². The Morgan fingerprint density at radius 3 is 2.70 bits per heavy atom. The first-order valence-electron chi connectivity index (χ1n) is 10.4. The number of hydrogen-bond acceptors (Lipinski definition) is 6. The lowest BCUT2D eigenvalue weighted by molar-refractivity contribution is 0.102. The summed E-state index contributed by atoms with van der Waals surface area (Å²) in [6.45, 7) is 2.33. The van der Waals surface area contributed by atoms with Crippen LogP contribution in [-0.4, -0.2) is 35.0 Å². The number of carbonyl (C=O) groups is 1. The zero-order valence-electron chi connectivity index (χ0n) is 17.6. The fourth-order valence-corrected chi connectivity index (χ4v) is 3.67. The predicted molar refractivity (Wildman–Crippen MR) is 124 cm³/mol. The molecule has 0 unspecified atom stereocenters. The van der Waals surface area contributed by atoms with Gasteiger partial charge >= 0.3 is 5.69 Å². The third-order valence-corrected chi connectivity index (χ3v) is 5.25. The number of para-hydroxylation sites is 2. The fourth-order valence-electron chi connectivity index (χ4n) is 3.67. The van der Waals surface area contributed by atoms with Gasteiger partial charge in [0.25, 0.3) is 11.5 Å². The number of pyridine rings is 2. The normalized spacial score (nSPS) is 11.2. The molecule has 1 amide bonds. The first-order chi connectivity index (χ1) is 16.0. The summed E-state index contributed by atoms with van der Waals surface area (Å²) < 4.78 is 3.25. The molecule has 0 fully saturated rings. The van der Waals surface area contributed by atoms with Gasteiger partial charge in [-0.3, -0.25) is 23.7 Å². The fraction of sp³-hybridized carbons (Fsp3) is 0.130. The number of carbonyl (C=O) groups excluding carboxylic acids is 1. The van der Waals surface area contributed by atoms with E-state index in [1.165, 1.54) is 16.8 Å². The standard InChI is InChI=1S/C23H19N7O3/c1-2-9-29-20-16(22(32)28-23(29)33)10-14(11-25-20)21(31)27-15-7-8-19(24-12-15)30-13-26-17-5-3-4-6-18(17)30/h3-8,10-13H,2,9H2,1H3,(H,27,31)(H,28,32,33). The minimum Gasteiger partial charge on any atom is -0.321 e. The highest BCUT2D eigenvalue weighted by Gasteiger charge is 2.14. The van der Waals surface area contributed by atoms with Crippen molar-refractivity contribution in [2.24, 2.45) is 0 Å². The quantitative estimate of drug-likeness (QED) is 0.431. The predicted octanol–water partition coefficient (Wildman–Crippen LogP) is 2.48. The highest BCUT2D eigenvalue weighted by molar-refractivity contribution is 6.05. The molecule has 4 aromatic heterocycles. The topological polar surface area (TPSA) is 128 Å². The molecule has 0 spiro atoms. The van der Waals surface area contributed by atoms with Gasteiger partial charge in [0.1, 0.15) is 17.8 Å². The van der Waals surface area contributed by atoms with E-state index >= 15 is 0 Å². The van der Waals surface area contributed by atoms with Crippen LogP contribution in [0, 0.1) is 0 Å². The van der Waals surface area contributed by atoms with Gasteiger partial charge in [0.15, 0.2) is 0 Å². The molecular weight excluding hydrogens is 422 g/mol. The monoisotopic (exact) mass is 441 g/mol. The van der Waals surface area contributed by atoms with Crippen LogP contribution in [0.25, 0.3) is 27.9 Å². The van der Waals surface area contributed by atoms with E-state index in [4.69, 9.17) is 0 Å². The molecule has 5 rings (SSSR count). The first-order valence-corrected chi connectivity index (χ1v) is 10.4. The Morgan fingerprint density at radius 1 is 1.06 bits per heavy atom. The summed E-state index contributed by atoms with van der Waals surface area (Å²) in [4.78, 5) is 52.4. The molecule has 0 aliphatic carbocycles. The van der Waals surface area contributed by atoms with Crippen molar-refractivity contribution < 1.29 is 4.79 Å². The molecule has 1 aromatic carbocycles. The van der Waals surface area contributed by atoms with E-state index in [1.807, 2.05) is 35.8 Å². The molecule has 0 radical (unpaired) electrons. The van der Waals surface area contributed by atoms with E-state index in [-0.39, 0.29) is 16.6 Å². The second-order valence-corrected chi connectivity index (χ2v) is 7.47. The number of aromatic nitrogens is 6. The molecule has 0 saturated carbocycles. The number of hydrogen-bond donors (Lipinski definition) is 2. The average Bonchev–Trinajstić information content (AvgIpc) is 3.26. The molecule has 0 aliphatic rings. The zero-order valence-corrected chi connectivity index (χ0v) is 17.6. The smallest absolute Gasteiger partial charge is 0.321 e. The maximum atomic E-state index is 12.8. The molecule has 0 saturated heterocycles. The van der Waals surface area contributed by atoms with Gasteiger partial charge in [0.2, 0.25) is 0 Å². The molecular formula is C23H19N7O3. The molecule has 0 aliphatic heterocycles. The van der Waals surface area contributed by atoms with Gasteiger partial charge in [-0.25, -0.2) is 19.7 Å². The van der Waals surface area contributed by atoms with Gasteiger partial charge in [0, 0.05) is 12.7 Å². The Balaban J connectivity index is 1.41. The van der Waals surface area contributed by atoms with Crippen LogP contribution in [-0.2, 0) is 6.54 Å². The third kappa shape index (κ3) is 3.67. The van der Waals surface area contributed by atoms with Gasteiger partial charge in [-0.15, -0.1) is 0 Å². The number of benzene rings is 1. The number of nitrogens with one attached hydrogen (secondary N) is 2. The summed E-state index contributed by atoms with van der Waals surface area (Å²) in [5, 5.41) is 2.93. The largest absolute Gasteiger partial charge is 0.329 e. The van der Waals surface area contributed by atoms with Gasteiger partial charge in [-0.2, -0.15) is 0 Å². The van der Waals surface area contributed by atoms with Crippen LogP contribution < -0.4 is 16.6 Å². The number of amides is 1. The molecule has 2 N–H and O–H groups in total. The van der Waals surface area contributed by atoms with Crippen molar-refractivity contribution in [3.05, 3.63) is 87.6 Å². The van der Waals surface area contributed by atoms with Crippen molar-refractivity contribution >= 4 is 33.7 Å².